The Morgan fingerprint density at radius 3 is 2.65 bits per heavy atom. The summed E-state index contributed by atoms with van der Waals surface area (Å²) in [6.07, 6.45) is 5.74. The average molecular weight is 275 g/mol. The minimum atomic E-state index is -0.232. The smallest absolute Gasteiger partial charge is 0.262 e. The number of rotatable bonds is 4. The number of carbonyl (C=O) groups is 1. The van der Waals surface area contributed by atoms with Gasteiger partial charge in [0, 0.05) is 32.4 Å². The molecule has 1 saturated carbocycles. The van der Waals surface area contributed by atoms with Crippen LogP contribution in [0.3, 0.4) is 0 Å². The van der Waals surface area contributed by atoms with Gasteiger partial charge in [-0.2, -0.15) is 5.10 Å². The first-order valence-electron chi connectivity index (χ1n) is 6.51. The van der Waals surface area contributed by atoms with Crippen LogP contribution < -0.4 is 10.1 Å². The lowest BCUT2D eigenvalue weighted by Crippen LogP contribution is -2.13. The summed E-state index contributed by atoms with van der Waals surface area (Å²) in [6, 6.07) is 0. The molecule has 1 aliphatic rings. The van der Waals surface area contributed by atoms with Crippen LogP contribution in [0, 0.1) is 0 Å². The summed E-state index contributed by atoms with van der Waals surface area (Å²) in [7, 11) is 5.10. The largest absolute Gasteiger partial charge is 0.479 e. The van der Waals surface area contributed by atoms with Gasteiger partial charge in [0.2, 0.25) is 5.88 Å². The van der Waals surface area contributed by atoms with Gasteiger partial charge >= 0.3 is 0 Å². The molecular weight excluding hydrogens is 258 g/mol. The second-order valence-corrected chi connectivity index (χ2v) is 5.06. The lowest BCUT2D eigenvalue weighted by atomic mass is 10.2. The number of nitrogens with zero attached hydrogens (tertiary/aromatic N) is 4. The van der Waals surface area contributed by atoms with Crippen molar-refractivity contribution in [3.8, 4) is 5.88 Å². The van der Waals surface area contributed by atoms with Crippen molar-refractivity contribution in [2.75, 3.05) is 12.4 Å². The number of hydrogen-bond donors (Lipinski definition) is 1. The molecule has 1 N–H and O–H groups in total. The van der Waals surface area contributed by atoms with Crippen molar-refractivity contribution in [3.05, 3.63) is 23.7 Å². The number of hydrogen-bond acceptors (Lipinski definition) is 4. The van der Waals surface area contributed by atoms with E-state index in [1.165, 1.54) is 7.11 Å². The third kappa shape index (κ3) is 2.26. The quantitative estimate of drug-likeness (QED) is 0.912. The molecule has 106 valence electrons. The Morgan fingerprint density at radius 1 is 1.30 bits per heavy atom. The molecule has 3 rings (SSSR count). The predicted molar refractivity (Wildman–Crippen MR) is 72.9 cm³/mol. The van der Waals surface area contributed by atoms with Crippen LogP contribution in [0.5, 0.6) is 5.88 Å². The monoisotopic (exact) mass is 275 g/mol. The molecule has 2 aromatic heterocycles. The molecule has 20 heavy (non-hydrogen) atoms. The SMILES string of the molecule is COc1nn(C)cc1C(=O)Nc1cn(C)nc1C1CC1. The van der Waals surface area contributed by atoms with Gasteiger partial charge in [0.15, 0.2) is 0 Å². The molecule has 0 aromatic carbocycles. The Bertz CT molecular complexity index is 654. The lowest BCUT2D eigenvalue weighted by Gasteiger charge is -2.04. The first-order valence-corrected chi connectivity index (χ1v) is 6.51. The molecule has 2 heterocycles. The highest BCUT2D eigenvalue weighted by Gasteiger charge is 2.30. The fraction of sp³-hybridized carbons (Fsp3) is 0.462. The van der Waals surface area contributed by atoms with E-state index in [1.807, 2.05) is 13.2 Å². The van der Waals surface area contributed by atoms with E-state index in [-0.39, 0.29) is 5.91 Å². The van der Waals surface area contributed by atoms with E-state index >= 15 is 0 Å². The molecule has 0 radical (unpaired) electrons. The van der Waals surface area contributed by atoms with Crippen LogP contribution in [0.4, 0.5) is 5.69 Å². The summed E-state index contributed by atoms with van der Waals surface area (Å²) in [6.45, 7) is 0. The van der Waals surface area contributed by atoms with Crippen molar-refractivity contribution in [1.82, 2.24) is 19.6 Å². The van der Waals surface area contributed by atoms with Crippen LogP contribution in [0.1, 0.15) is 34.8 Å². The number of ether oxygens (including phenoxy) is 1. The molecule has 0 unspecified atom stereocenters. The van der Waals surface area contributed by atoms with E-state index in [0.29, 0.717) is 17.4 Å². The summed E-state index contributed by atoms with van der Waals surface area (Å²) < 4.78 is 8.39. The van der Waals surface area contributed by atoms with Crippen LogP contribution in [-0.2, 0) is 14.1 Å². The van der Waals surface area contributed by atoms with Gasteiger partial charge in [-0.05, 0) is 12.8 Å². The summed E-state index contributed by atoms with van der Waals surface area (Å²) >= 11 is 0. The molecule has 1 aliphatic carbocycles. The second-order valence-electron chi connectivity index (χ2n) is 5.06. The van der Waals surface area contributed by atoms with E-state index in [9.17, 15) is 4.79 Å². The fourth-order valence-corrected chi connectivity index (χ4v) is 2.22. The number of amides is 1. The zero-order chi connectivity index (χ0) is 14.3. The van der Waals surface area contributed by atoms with E-state index in [1.54, 1.807) is 22.6 Å². The average Bonchev–Trinajstić information content (AvgIpc) is 3.08. The molecule has 7 heteroatoms. The molecule has 1 fully saturated rings. The number of aryl methyl sites for hydroxylation is 2. The molecule has 7 nitrogen and oxygen atoms in total. The first-order chi connectivity index (χ1) is 9.58. The lowest BCUT2D eigenvalue weighted by molar-refractivity contribution is 0.102. The van der Waals surface area contributed by atoms with Crippen molar-refractivity contribution in [3.63, 3.8) is 0 Å². The van der Waals surface area contributed by atoms with Crippen LogP contribution in [0.25, 0.3) is 0 Å². The van der Waals surface area contributed by atoms with Crippen LogP contribution in [-0.4, -0.2) is 32.6 Å². The highest BCUT2D eigenvalue weighted by atomic mass is 16.5. The molecule has 0 bridgehead atoms. The predicted octanol–water partition coefficient (Wildman–Crippen LogP) is 1.29. The minimum absolute atomic E-state index is 0.232. The maximum Gasteiger partial charge on any atom is 0.262 e. The van der Waals surface area contributed by atoms with Gasteiger partial charge < -0.3 is 10.1 Å². The number of nitrogens with one attached hydrogen (secondary N) is 1. The van der Waals surface area contributed by atoms with Crippen molar-refractivity contribution in [1.29, 1.82) is 0 Å². The maximum absolute atomic E-state index is 12.3. The van der Waals surface area contributed by atoms with Gasteiger partial charge in [0.25, 0.3) is 5.91 Å². The highest BCUT2D eigenvalue weighted by molar-refractivity contribution is 6.06. The van der Waals surface area contributed by atoms with Crippen molar-refractivity contribution < 1.29 is 9.53 Å². The van der Waals surface area contributed by atoms with Gasteiger partial charge in [-0.25, -0.2) is 0 Å². The van der Waals surface area contributed by atoms with Crippen LogP contribution in [0.2, 0.25) is 0 Å². The summed E-state index contributed by atoms with van der Waals surface area (Å²) in [5.74, 6) is 0.564. The van der Waals surface area contributed by atoms with E-state index < -0.39 is 0 Å². The highest BCUT2D eigenvalue weighted by Crippen LogP contribution is 2.42. The van der Waals surface area contributed by atoms with Gasteiger partial charge in [-0.15, -0.1) is 5.10 Å². The van der Waals surface area contributed by atoms with Crippen molar-refractivity contribution in [2.24, 2.45) is 14.1 Å². The maximum atomic E-state index is 12.3. The minimum Gasteiger partial charge on any atom is -0.479 e. The van der Waals surface area contributed by atoms with Crippen LogP contribution >= 0.6 is 0 Å². The third-order valence-electron chi connectivity index (χ3n) is 3.30. The van der Waals surface area contributed by atoms with E-state index in [4.69, 9.17) is 4.74 Å². The summed E-state index contributed by atoms with van der Waals surface area (Å²) in [5.41, 5.74) is 2.15. The van der Waals surface area contributed by atoms with Crippen molar-refractivity contribution in [2.45, 2.75) is 18.8 Å². The molecule has 0 saturated heterocycles. The first kappa shape index (κ1) is 12.7. The Hall–Kier alpha value is -2.31. The molecule has 1 amide bonds. The zero-order valence-corrected chi connectivity index (χ0v) is 11.8. The van der Waals surface area contributed by atoms with E-state index in [0.717, 1.165) is 24.2 Å². The Balaban J connectivity index is 1.85. The molecular formula is C13H17N5O2. The van der Waals surface area contributed by atoms with Gasteiger partial charge in [-0.3, -0.25) is 14.2 Å². The molecule has 0 atom stereocenters. The van der Waals surface area contributed by atoms with Gasteiger partial charge in [0.05, 0.1) is 18.5 Å². The molecule has 0 aliphatic heterocycles. The fourth-order valence-electron chi connectivity index (χ4n) is 2.22. The van der Waals surface area contributed by atoms with E-state index in [2.05, 4.69) is 15.5 Å². The Labute approximate surface area is 116 Å². The standard InChI is InChI=1S/C13H17N5O2/c1-17-6-9(13(16-17)20-3)12(19)14-10-7-18(2)15-11(10)8-4-5-8/h6-8H,4-5H2,1-3H3,(H,14,19). The number of carbonyl (C=O) groups excluding carboxylic acids is 1. The van der Waals surface area contributed by atoms with Gasteiger partial charge in [-0.1, -0.05) is 0 Å². The second kappa shape index (κ2) is 4.66. The topological polar surface area (TPSA) is 74.0 Å². The normalized spacial score (nSPS) is 14.3. The molecule has 2 aromatic rings. The Kier molecular flexibility index (Phi) is 2.96. The number of anilines is 1. The van der Waals surface area contributed by atoms with Crippen LogP contribution in [0.15, 0.2) is 12.4 Å². The Morgan fingerprint density at radius 2 is 2.00 bits per heavy atom. The zero-order valence-electron chi connectivity index (χ0n) is 11.8. The van der Waals surface area contributed by atoms with Gasteiger partial charge in [0.1, 0.15) is 5.56 Å². The third-order valence-corrected chi connectivity index (χ3v) is 3.30. The molecule has 0 spiro atoms. The van der Waals surface area contributed by atoms with Crippen molar-refractivity contribution >= 4 is 11.6 Å². The summed E-state index contributed by atoms with van der Waals surface area (Å²) in [5, 5.41) is 11.4. The number of methoxy groups -OCH3 is 1. The number of aromatic nitrogens is 4. The summed E-state index contributed by atoms with van der Waals surface area (Å²) in [4.78, 5) is 12.3.